The Morgan fingerprint density at radius 1 is 1.20 bits per heavy atom. The average Bonchev–Trinajstić information content (AvgIpc) is 2.53. The standard InChI is InChI=1S/C16H18N2O2/c1-19-14-9-11-10-17-8-6-12(11)15(16(14)20-2)13-5-3-4-7-18-13/h3-5,7,9,17H,6,8,10H2,1-2H3. The highest BCUT2D eigenvalue weighted by molar-refractivity contribution is 5.76. The minimum Gasteiger partial charge on any atom is -0.493 e. The van der Waals surface area contributed by atoms with E-state index in [0.29, 0.717) is 0 Å². The molecule has 0 spiro atoms. The van der Waals surface area contributed by atoms with Crippen LogP contribution in [0.15, 0.2) is 30.5 Å². The van der Waals surface area contributed by atoms with E-state index in [1.807, 2.05) is 24.4 Å². The molecule has 1 N–H and O–H groups in total. The summed E-state index contributed by atoms with van der Waals surface area (Å²) in [5.41, 5.74) is 4.56. The Bertz CT molecular complexity index is 597. The van der Waals surface area contributed by atoms with Crippen LogP contribution in [0.5, 0.6) is 11.5 Å². The SMILES string of the molecule is COc1cc2c(c(-c3ccccn3)c1OC)CCNC2. The van der Waals surface area contributed by atoms with Crippen LogP contribution in [0.25, 0.3) is 11.3 Å². The van der Waals surface area contributed by atoms with Crippen molar-refractivity contribution in [2.75, 3.05) is 20.8 Å². The summed E-state index contributed by atoms with van der Waals surface area (Å²) in [5, 5.41) is 3.39. The lowest BCUT2D eigenvalue weighted by molar-refractivity contribution is 0.354. The van der Waals surface area contributed by atoms with E-state index in [4.69, 9.17) is 9.47 Å². The van der Waals surface area contributed by atoms with Gasteiger partial charge in [0.05, 0.1) is 19.9 Å². The molecule has 0 amide bonds. The molecule has 104 valence electrons. The molecule has 0 atom stereocenters. The summed E-state index contributed by atoms with van der Waals surface area (Å²) in [6, 6.07) is 7.99. The molecule has 20 heavy (non-hydrogen) atoms. The second-order valence-electron chi connectivity index (χ2n) is 4.77. The van der Waals surface area contributed by atoms with Crippen molar-refractivity contribution in [2.24, 2.45) is 0 Å². The molecule has 0 aliphatic carbocycles. The molecule has 4 nitrogen and oxygen atoms in total. The Hall–Kier alpha value is -2.07. The highest BCUT2D eigenvalue weighted by Crippen LogP contribution is 2.42. The van der Waals surface area contributed by atoms with E-state index in [9.17, 15) is 0 Å². The zero-order chi connectivity index (χ0) is 13.9. The highest BCUT2D eigenvalue weighted by Gasteiger charge is 2.23. The van der Waals surface area contributed by atoms with Crippen molar-refractivity contribution in [1.82, 2.24) is 10.3 Å². The Labute approximate surface area is 118 Å². The van der Waals surface area contributed by atoms with Crippen LogP contribution in [0.4, 0.5) is 0 Å². The highest BCUT2D eigenvalue weighted by atomic mass is 16.5. The van der Waals surface area contributed by atoms with Gasteiger partial charge in [0.2, 0.25) is 0 Å². The van der Waals surface area contributed by atoms with Gasteiger partial charge in [-0.25, -0.2) is 0 Å². The topological polar surface area (TPSA) is 43.4 Å². The summed E-state index contributed by atoms with van der Waals surface area (Å²) in [6.07, 6.45) is 2.78. The van der Waals surface area contributed by atoms with Crippen LogP contribution in [0.2, 0.25) is 0 Å². The van der Waals surface area contributed by atoms with Gasteiger partial charge in [0.15, 0.2) is 11.5 Å². The Balaban J connectivity index is 2.29. The first-order valence-electron chi connectivity index (χ1n) is 6.74. The number of nitrogens with one attached hydrogen (secondary N) is 1. The molecule has 0 unspecified atom stereocenters. The first-order valence-corrected chi connectivity index (χ1v) is 6.74. The lowest BCUT2D eigenvalue weighted by atomic mass is 9.92. The molecule has 0 radical (unpaired) electrons. The molecule has 1 aromatic heterocycles. The molecule has 4 heteroatoms. The van der Waals surface area contributed by atoms with Crippen molar-refractivity contribution in [1.29, 1.82) is 0 Å². The predicted molar refractivity (Wildman–Crippen MR) is 78.2 cm³/mol. The van der Waals surface area contributed by atoms with Crippen LogP contribution < -0.4 is 14.8 Å². The maximum Gasteiger partial charge on any atom is 0.170 e. The maximum atomic E-state index is 5.60. The number of nitrogens with zero attached hydrogens (tertiary/aromatic N) is 1. The van der Waals surface area contributed by atoms with Gasteiger partial charge in [-0.2, -0.15) is 0 Å². The summed E-state index contributed by atoms with van der Waals surface area (Å²) in [6.45, 7) is 1.83. The zero-order valence-corrected chi connectivity index (χ0v) is 11.8. The van der Waals surface area contributed by atoms with E-state index in [0.717, 1.165) is 42.3 Å². The number of hydrogen-bond acceptors (Lipinski definition) is 4. The first-order chi connectivity index (χ1) is 9.85. The van der Waals surface area contributed by atoms with E-state index < -0.39 is 0 Å². The summed E-state index contributed by atoms with van der Waals surface area (Å²) >= 11 is 0. The van der Waals surface area contributed by atoms with Gasteiger partial charge >= 0.3 is 0 Å². The van der Waals surface area contributed by atoms with Crippen molar-refractivity contribution < 1.29 is 9.47 Å². The van der Waals surface area contributed by atoms with Gasteiger partial charge in [-0.15, -0.1) is 0 Å². The Morgan fingerprint density at radius 3 is 2.80 bits per heavy atom. The minimum atomic E-state index is 0.760. The van der Waals surface area contributed by atoms with Crippen molar-refractivity contribution in [2.45, 2.75) is 13.0 Å². The fourth-order valence-corrected chi connectivity index (χ4v) is 2.75. The fraction of sp³-hybridized carbons (Fsp3) is 0.312. The van der Waals surface area contributed by atoms with E-state index in [1.165, 1.54) is 11.1 Å². The van der Waals surface area contributed by atoms with Gasteiger partial charge in [0.1, 0.15) is 0 Å². The molecule has 1 aromatic carbocycles. The lowest BCUT2D eigenvalue weighted by Crippen LogP contribution is -2.24. The van der Waals surface area contributed by atoms with Gasteiger partial charge in [0, 0.05) is 18.3 Å². The van der Waals surface area contributed by atoms with Crippen LogP contribution in [0.1, 0.15) is 11.1 Å². The first kappa shape index (κ1) is 12.9. The number of ether oxygens (including phenoxy) is 2. The average molecular weight is 270 g/mol. The molecule has 3 rings (SSSR count). The van der Waals surface area contributed by atoms with E-state index in [2.05, 4.69) is 16.4 Å². The third-order valence-electron chi connectivity index (χ3n) is 3.66. The van der Waals surface area contributed by atoms with Gasteiger partial charge in [0.25, 0.3) is 0 Å². The smallest absolute Gasteiger partial charge is 0.170 e. The normalized spacial score (nSPS) is 13.7. The Kier molecular flexibility index (Phi) is 3.56. The molecule has 0 saturated heterocycles. The maximum absolute atomic E-state index is 5.60. The molecule has 1 aliphatic rings. The molecule has 2 aromatic rings. The van der Waals surface area contributed by atoms with Crippen LogP contribution in [0, 0.1) is 0 Å². The van der Waals surface area contributed by atoms with Crippen molar-refractivity contribution in [3.63, 3.8) is 0 Å². The van der Waals surface area contributed by atoms with Crippen LogP contribution in [-0.4, -0.2) is 25.7 Å². The summed E-state index contributed by atoms with van der Waals surface area (Å²) in [7, 11) is 3.35. The number of rotatable bonds is 3. The van der Waals surface area contributed by atoms with Crippen LogP contribution in [0.3, 0.4) is 0 Å². The van der Waals surface area contributed by atoms with E-state index in [-0.39, 0.29) is 0 Å². The van der Waals surface area contributed by atoms with Gasteiger partial charge in [-0.1, -0.05) is 6.07 Å². The molecular formula is C16H18N2O2. The number of methoxy groups -OCH3 is 2. The van der Waals surface area contributed by atoms with Crippen molar-refractivity contribution in [3.8, 4) is 22.8 Å². The number of pyridine rings is 1. The minimum absolute atomic E-state index is 0.760. The number of fused-ring (bicyclic) bond motifs is 1. The lowest BCUT2D eigenvalue weighted by Gasteiger charge is -2.24. The molecule has 2 heterocycles. The second kappa shape index (κ2) is 5.51. The number of hydrogen-bond donors (Lipinski definition) is 1. The van der Waals surface area contributed by atoms with Gasteiger partial charge in [-0.05, 0) is 42.3 Å². The molecule has 0 saturated carbocycles. The van der Waals surface area contributed by atoms with Crippen molar-refractivity contribution >= 4 is 0 Å². The molecular weight excluding hydrogens is 252 g/mol. The van der Waals surface area contributed by atoms with Gasteiger partial charge < -0.3 is 14.8 Å². The largest absolute Gasteiger partial charge is 0.493 e. The van der Waals surface area contributed by atoms with E-state index in [1.54, 1.807) is 14.2 Å². The van der Waals surface area contributed by atoms with Crippen molar-refractivity contribution in [3.05, 3.63) is 41.6 Å². The van der Waals surface area contributed by atoms with E-state index >= 15 is 0 Å². The second-order valence-corrected chi connectivity index (χ2v) is 4.77. The quantitative estimate of drug-likeness (QED) is 0.930. The summed E-state index contributed by atoms with van der Waals surface area (Å²) < 4.78 is 11.1. The zero-order valence-electron chi connectivity index (χ0n) is 11.8. The fourth-order valence-electron chi connectivity index (χ4n) is 2.75. The number of aromatic nitrogens is 1. The molecule has 0 fully saturated rings. The third-order valence-corrected chi connectivity index (χ3v) is 3.66. The molecule has 1 aliphatic heterocycles. The number of benzene rings is 1. The monoisotopic (exact) mass is 270 g/mol. The summed E-state index contributed by atoms with van der Waals surface area (Å²) in [5.74, 6) is 1.53. The van der Waals surface area contributed by atoms with Gasteiger partial charge in [-0.3, -0.25) is 4.98 Å². The third kappa shape index (κ3) is 2.12. The predicted octanol–water partition coefficient (Wildman–Crippen LogP) is 2.41. The van der Waals surface area contributed by atoms with Crippen LogP contribution >= 0.6 is 0 Å². The Morgan fingerprint density at radius 2 is 2.10 bits per heavy atom. The van der Waals surface area contributed by atoms with Crippen LogP contribution in [-0.2, 0) is 13.0 Å². The molecule has 0 bridgehead atoms. The summed E-state index contributed by atoms with van der Waals surface area (Å²) in [4.78, 5) is 4.49.